The van der Waals surface area contributed by atoms with Gasteiger partial charge in [-0.25, -0.2) is 0 Å². The quantitative estimate of drug-likeness (QED) is 0.924. The summed E-state index contributed by atoms with van der Waals surface area (Å²) in [4.78, 5) is 5.19. The lowest BCUT2D eigenvalue weighted by molar-refractivity contribution is 0.203. The summed E-state index contributed by atoms with van der Waals surface area (Å²) in [6.45, 7) is 8.06. The van der Waals surface area contributed by atoms with Gasteiger partial charge in [-0.1, -0.05) is 17.7 Å². The van der Waals surface area contributed by atoms with Crippen LogP contribution in [0, 0.1) is 0 Å². The molecule has 0 aromatic heterocycles. The van der Waals surface area contributed by atoms with Crippen LogP contribution in [0.5, 0.6) is 0 Å². The van der Waals surface area contributed by atoms with Crippen molar-refractivity contribution in [2.75, 3.05) is 31.6 Å². The van der Waals surface area contributed by atoms with Gasteiger partial charge in [-0.3, -0.25) is 4.90 Å². The fourth-order valence-electron chi connectivity index (χ4n) is 3.75. The maximum absolute atomic E-state index is 6.50. The van der Waals surface area contributed by atoms with Crippen LogP contribution in [0.15, 0.2) is 18.2 Å². The monoisotopic (exact) mass is 307 g/mol. The van der Waals surface area contributed by atoms with Gasteiger partial charge in [0.2, 0.25) is 0 Å². The van der Waals surface area contributed by atoms with Crippen molar-refractivity contribution in [2.24, 2.45) is 0 Å². The summed E-state index contributed by atoms with van der Waals surface area (Å²) in [5.74, 6) is 0. The number of hydrogen-bond acceptors (Lipinski definition) is 3. The van der Waals surface area contributed by atoms with Crippen molar-refractivity contribution >= 4 is 17.3 Å². The number of hydrogen-bond donors (Lipinski definition) is 1. The van der Waals surface area contributed by atoms with Crippen LogP contribution in [-0.4, -0.2) is 43.7 Å². The lowest BCUT2D eigenvalue weighted by Gasteiger charge is -2.43. The summed E-state index contributed by atoms with van der Waals surface area (Å²) >= 11 is 6.50. The van der Waals surface area contributed by atoms with E-state index in [0.717, 1.165) is 17.6 Å². The highest BCUT2D eigenvalue weighted by atomic mass is 35.5. The first-order valence-electron chi connectivity index (χ1n) is 8.07. The number of nitrogens with one attached hydrogen (secondary N) is 1. The third-order valence-electron chi connectivity index (χ3n) is 5.15. The van der Waals surface area contributed by atoms with Crippen LogP contribution in [0.4, 0.5) is 5.69 Å². The van der Waals surface area contributed by atoms with Gasteiger partial charge in [0.1, 0.15) is 0 Å². The Bertz CT molecular complexity index is 505. The van der Waals surface area contributed by atoms with E-state index in [0.29, 0.717) is 6.04 Å². The van der Waals surface area contributed by atoms with E-state index in [2.05, 4.69) is 47.2 Å². The Morgan fingerprint density at radius 2 is 2.14 bits per heavy atom. The first kappa shape index (κ1) is 15.1. The van der Waals surface area contributed by atoms with Crippen LogP contribution in [0.25, 0.3) is 0 Å². The minimum Gasteiger partial charge on any atom is -0.366 e. The first-order chi connectivity index (χ1) is 10.1. The Kier molecular flexibility index (Phi) is 4.43. The highest BCUT2D eigenvalue weighted by molar-refractivity contribution is 6.31. The zero-order valence-electron chi connectivity index (χ0n) is 13.3. The van der Waals surface area contributed by atoms with Crippen LogP contribution in [0.1, 0.15) is 38.3 Å². The molecule has 0 aliphatic carbocycles. The van der Waals surface area contributed by atoms with Gasteiger partial charge in [0.05, 0.1) is 0 Å². The summed E-state index contributed by atoms with van der Waals surface area (Å²) < 4.78 is 0. The molecule has 0 saturated carbocycles. The van der Waals surface area contributed by atoms with Crippen LogP contribution in [0.3, 0.4) is 0 Å². The topological polar surface area (TPSA) is 18.5 Å². The summed E-state index contributed by atoms with van der Waals surface area (Å²) in [5.41, 5.74) is 2.45. The molecule has 1 N–H and O–H groups in total. The molecule has 2 aliphatic heterocycles. The number of benzene rings is 1. The van der Waals surface area contributed by atoms with Crippen molar-refractivity contribution in [1.29, 1.82) is 0 Å². The Morgan fingerprint density at radius 3 is 2.86 bits per heavy atom. The Morgan fingerprint density at radius 1 is 1.33 bits per heavy atom. The molecule has 0 bridgehead atoms. The third-order valence-corrected chi connectivity index (χ3v) is 5.48. The van der Waals surface area contributed by atoms with Crippen molar-refractivity contribution in [3.05, 3.63) is 28.8 Å². The average Bonchev–Trinajstić information content (AvgIpc) is 2.92. The molecule has 0 radical (unpaired) electrons. The predicted octanol–water partition coefficient (Wildman–Crippen LogP) is 3.29. The Hall–Kier alpha value is -0.770. The van der Waals surface area contributed by atoms with Gasteiger partial charge in [0.15, 0.2) is 0 Å². The number of rotatable bonds is 3. The smallest absolute Gasteiger partial charge is 0.0474 e. The molecule has 116 valence electrons. The normalized spacial score (nSPS) is 27.7. The molecule has 2 fully saturated rings. The second kappa shape index (κ2) is 6.15. The number of anilines is 1. The molecule has 1 aromatic rings. The molecule has 3 unspecified atom stereocenters. The van der Waals surface area contributed by atoms with Crippen molar-refractivity contribution in [2.45, 2.75) is 44.8 Å². The molecule has 1 aromatic carbocycles. The molecule has 4 heteroatoms. The molecule has 2 saturated heterocycles. The molecule has 3 nitrogen and oxygen atoms in total. The van der Waals surface area contributed by atoms with Gasteiger partial charge in [-0.15, -0.1) is 0 Å². The van der Waals surface area contributed by atoms with Crippen molar-refractivity contribution in [1.82, 2.24) is 10.2 Å². The standard InChI is InChI=1S/C17H26ClN3/c1-12-10-20-8-4-5-15(20)11-21(12)14-6-7-16(13(2)19-3)17(18)9-14/h6-7,9,12-13,15,19H,4-5,8,10-11H2,1-3H3. The third kappa shape index (κ3) is 2.92. The van der Waals surface area contributed by atoms with Gasteiger partial charge in [-0.05, 0) is 58.0 Å². The number of piperazine rings is 1. The summed E-state index contributed by atoms with van der Waals surface area (Å²) in [6, 6.07) is 8.13. The fourth-order valence-corrected chi connectivity index (χ4v) is 4.09. The molecule has 2 aliphatic rings. The minimum atomic E-state index is 0.288. The summed E-state index contributed by atoms with van der Waals surface area (Å²) in [6.07, 6.45) is 2.69. The van der Waals surface area contributed by atoms with Gasteiger partial charge in [-0.2, -0.15) is 0 Å². The summed E-state index contributed by atoms with van der Waals surface area (Å²) in [5, 5.41) is 4.13. The zero-order valence-corrected chi connectivity index (χ0v) is 14.0. The van der Waals surface area contributed by atoms with Gasteiger partial charge in [0.25, 0.3) is 0 Å². The second-order valence-electron chi connectivity index (χ2n) is 6.51. The van der Waals surface area contributed by atoms with E-state index in [1.807, 2.05) is 7.05 Å². The molecule has 3 rings (SSSR count). The van der Waals surface area contributed by atoms with E-state index in [4.69, 9.17) is 11.6 Å². The number of nitrogens with zero attached hydrogens (tertiary/aromatic N) is 2. The lowest BCUT2D eigenvalue weighted by atomic mass is 10.0. The van der Waals surface area contributed by atoms with Crippen molar-refractivity contribution in [3.63, 3.8) is 0 Å². The first-order valence-corrected chi connectivity index (χ1v) is 8.45. The van der Waals surface area contributed by atoms with E-state index in [1.54, 1.807) is 0 Å². The number of halogens is 1. The summed E-state index contributed by atoms with van der Waals surface area (Å²) in [7, 11) is 1.97. The maximum atomic E-state index is 6.50. The number of fused-ring (bicyclic) bond motifs is 1. The Balaban J connectivity index is 1.81. The largest absolute Gasteiger partial charge is 0.366 e. The lowest BCUT2D eigenvalue weighted by Crippen LogP contribution is -2.55. The van der Waals surface area contributed by atoms with Crippen LogP contribution >= 0.6 is 11.6 Å². The van der Waals surface area contributed by atoms with E-state index in [9.17, 15) is 0 Å². The van der Waals surface area contributed by atoms with E-state index in [-0.39, 0.29) is 6.04 Å². The van der Waals surface area contributed by atoms with E-state index >= 15 is 0 Å². The van der Waals surface area contributed by atoms with Gasteiger partial charge >= 0.3 is 0 Å². The molecule has 0 spiro atoms. The van der Waals surface area contributed by atoms with Crippen LogP contribution in [0.2, 0.25) is 5.02 Å². The Labute approximate surface area is 133 Å². The molecule has 2 heterocycles. The minimum absolute atomic E-state index is 0.288. The molecular weight excluding hydrogens is 282 g/mol. The highest BCUT2D eigenvalue weighted by Gasteiger charge is 2.34. The molecule has 3 atom stereocenters. The predicted molar refractivity (Wildman–Crippen MR) is 90.3 cm³/mol. The molecule has 0 amide bonds. The fraction of sp³-hybridized carbons (Fsp3) is 0.647. The van der Waals surface area contributed by atoms with E-state index < -0.39 is 0 Å². The van der Waals surface area contributed by atoms with Crippen LogP contribution in [-0.2, 0) is 0 Å². The van der Waals surface area contributed by atoms with Gasteiger partial charge < -0.3 is 10.2 Å². The maximum Gasteiger partial charge on any atom is 0.0474 e. The molecule has 21 heavy (non-hydrogen) atoms. The average molecular weight is 308 g/mol. The highest BCUT2D eigenvalue weighted by Crippen LogP contribution is 2.32. The second-order valence-corrected chi connectivity index (χ2v) is 6.92. The van der Waals surface area contributed by atoms with Crippen LogP contribution < -0.4 is 10.2 Å². The van der Waals surface area contributed by atoms with Crippen molar-refractivity contribution in [3.8, 4) is 0 Å². The van der Waals surface area contributed by atoms with E-state index in [1.165, 1.54) is 37.2 Å². The van der Waals surface area contributed by atoms with Crippen molar-refractivity contribution < 1.29 is 0 Å². The van der Waals surface area contributed by atoms with Gasteiger partial charge in [0, 0.05) is 41.9 Å². The molecular formula is C17H26ClN3. The SMILES string of the molecule is CNC(C)c1ccc(N2CC3CCCN3CC2C)cc1Cl. The zero-order chi connectivity index (χ0) is 15.0.